The molecule has 2 rings (SSSR count). The van der Waals surface area contributed by atoms with Crippen LogP contribution in [0.3, 0.4) is 0 Å². The van der Waals surface area contributed by atoms with Gasteiger partial charge in [-0.2, -0.15) is 0 Å². The van der Waals surface area contributed by atoms with Crippen molar-refractivity contribution >= 4 is 5.91 Å². The Morgan fingerprint density at radius 1 is 1.15 bits per heavy atom. The monoisotopic (exact) mass is 272 g/mol. The van der Waals surface area contributed by atoms with Gasteiger partial charge in [0, 0.05) is 24.0 Å². The summed E-state index contributed by atoms with van der Waals surface area (Å²) in [7, 11) is 0. The normalized spacial score (nSPS) is 9.95. The van der Waals surface area contributed by atoms with Crippen molar-refractivity contribution in [3.63, 3.8) is 0 Å². The number of phenolic OH excluding ortho intramolecular Hbond substituents is 1. The number of phenols is 1. The lowest BCUT2D eigenvalue weighted by Crippen LogP contribution is -2.30. The Bertz CT molecular complexity index is 577. The summed E-state index contributed by atoms with van der Waals surface area (Å²) in [5, 5.41) is 12.1. The summed E-state index contributed by atoms with van der Waals surface area (Å²) >= 11 is 0. The number of hydrogen-bond acceptors (Lipinski definition) is 3. The highest BCUT2D eigenvalue weighted by Crippen LogP contribution is 2.21. The van der Waals surface area contributed by atoms with Crippen LogP contribution in [0.15, 0.2) is 42.7 Å². The Morgan fingerprint density at radius 3 is 2.40 bits per heavy atom. The quantitative estimate of drug-likeness (QED) is 0.901. The van der Waals surface area contributed by atoms with Gasteiger partial charge in [0.1, 0.15) is 5.75 Å². The Kier molecular flexibility index (Phi) is 5.26. The maximum atomic E-state index is 11.9. The molecule has 0 spiro atoms. The molecule has 4 heteroatoms. The second kappa shape index (κ2) is 6.70. The molecule has 106 valence electrons. The van der Waals surface area contributed by atoms with Crippen molar-refractivity contribution < 1.29 is 9.90 Å². The molecule has 0 saturated carbocycles. The number of nitrogens with one attached hydrogen (secondary N) is 1. The van der Waals surface area contributed by atoms with Gasteiger partial charge in [-0.15, -0.1) is 0 Å². The lowest BCUT2D eigenvalue weighted by molar-refractivity contribution is 0.0943. The van der Waals surface area contributed by atoms with Gasteiger partial charge in [0.15, 0.2) is 0 Å². The molecule has 1 amide bonds. The lowest BCUT2D eigenvalue weighted by atomic mass is 10.1. The molecule has 0 aliphatic rings. The highest BCUT2D eigenvalue weighted by Gasteiger charge is 2.08. The van der Waals surface area contributed by atoms with E-state index in [-0.39, 0.29) is 25.1 Å². The number of pyridine rings is 1. The molecule has 1 aromatic carbocycles. The first-order valence-electron chi connectivity index (χ1n) is 6.11. The summed E-state index contributed by atoms with van der Waals surface area (Å²) in [5.41, 5.74) is 2.28. The smallest absolute Gasteiger partial charge is 0.253 e. The Morgan fingerprint density at radius 2 is 1.80 bits per heavy atom. The molecule has 0 bridgehead atoms. The predicted molar refractivity (Wildman–Crippen MR) is 80.7 cm³/mol. The van der Waals surface area contributed by atoms with Crippen LogP contribution in [-0.4, -0.2) is 22.0 Å². The first-order chi connectivity index (χ1) is 9.06. The van der Waals surface area contributed by atoms with E-state index in [2.05, 4.69) is 10.3 Å². The minimum Gasteiger partial charge on any atom is -0.508 e. The van der Waals surface area contributed by atoms with Crippen LogP contribution >= 0.6 is 0 Å². The standard InChI is InChI=1S/C15H16N2O2.CH4/c1-10(2)17-15(19)13-7-12(8-16-9-13)11-3-5-14(18)6-4-11;/h3-10,18H,1-2H3,(H,17,19);1H4. The van der Waals surface area contributed by atoms with Crippen LogP contribution in [0, 0.1) is 0 Å². The molecule has 0 saturated heterocycles. The molecule has 0 aliphatic carbocycles. The third kappa shape index (κ3) is 3.82. The maximum Gasteiger partial charge on any atom is 0.253 e. The third-order valence-electron chi connectivity index (χ3n) is 2.62. The van der Waals surface area contributed by atoms with Crippen LogP contribution in [-0.2, 0) is 0 Å². The van der Waals surface area contributed by atoms with Gasteiger partial charge in [0.2, 0.25) is 0 Å². The van der Waals surface area contributed by atoms with E-state index >= 15 is 0 Å². The fourth-order valence-corrected chi connectivity index (χ4v) is 1.72. The van der Waals surface area contributed by atoms with Gasteiger partial charge in [0.05, 0.1) is 5.56 Å². The molecule has 0 fully saturated rings. The van der Waals surface area contributed by atoms with Crippen molar-refractivity contribution in [1.82, 2.24) is 10.3 Å². The number of amides is 1. The number of aromatic hydroxyl groups is 1. The zero-order valence-corrected chi connectivity index (χ0v) is 10.9. The molecule has 20 heavy (non-hydrogen) atoms. The van der Waals surface area contributed by atoms with Crippen molar-refractivity contribution in [2.45, 2.75) is 27.3 Å². The van der Waals surface area contributed by atoms with Gasteiger partial charge in [-0.3, -0.25) is 9.78 Å². The molecule has 2 N–H and O–H groups in total. The Labute approximate surface area is 119 Å². The van der Waals surface area contributed by atoms with Crippen molar-refractivity contribution in [1.29, 1.82) is 0 Å². The van der Waals surface area contributed by atoms with Crippen LogP contribution in [0.4, 0.5) is 0 Å². The molecular weight excluding hydrogens is 252 g/mol. The molecule has 2 aromatic rings. The van der Waals surface area contributed by atoms with Crippen LogP contribution in [0.1, 0.15) is 31.6 Å². The minimum atomic E-state index is -0.136. The molecule has 1 heterocycles. The number of carbonyl (C=O) groups is 1. The summed E-state index contributed by atoms with van der Waals surface area (Å²) in [6, 6.07) is 8.67. The second-order valence-corrected chi connectivity index (χ2v) is 4.64. The van der Waals surface area contributed by atoms with Gasteiger partial charge in [-0.1, -0.05) is 19.6 Å². The fourth-order valence-electron chi connectivity index (χ4n) is 1.72. The SMILES string of the molecule is C.CC(C)NC(=O)c1cncc(-c2ccc(O)cc2)c1. The average molecular weight is 272 g/mol. The van der Waals surface area contributed by atoms with E-state index in [1.165, 1.54) is 0 Å². The number of carbonyl (C=O) groups excluding carboxylic acids is 1. The van der Waals surface area contributed by atoms with Gasteiger partial charge in [0.25, 0.3) is 5.91 Å². The first-order valence-corrected chi connectivity index (χ1v) is 6.11. The van der Waals surface area contributed by atoms with E-state index < -0.39 is 0 Å². The number of aromatic nitrogens is 1. The van der Waals surface area contributed by atoms with E-state index in [0.717, 1.165) is 11.1 Å². The number of benzene rings is 1. The predicted octanol–water partition coefficient (Wildman–Crippen LogP) is 3.23. The van der Waals surface area contributed by atoms with E-state index in [1.807, 2.05) is 13.8 Å². The number of nitrogens with zero attached hydrogens (tertiary/aromatic N) is 1. The van der Waals surface area contributed by atoms with Gasteiger partial charge >= 0.3 is 0 Å². The molecule has 0 aliphatic heterocycles. The Balaban J connectivity index is 0.00000200. The maximum absolute atomic E-state index is 11.9. The first kappa shape index (κ1) is 15.7. The number of hydrogen-bond donors (Lipinski definition) is 2. The molecule has 0 radical (unpaired) electrons. The van der Waals surface area contributed by atoms with Crippen LogP contribution < -0.4 is 5.32 Å². The van der Waals surface area contributed by atoms with Gasteiger partial charge in [-0.25, -0.2) is 0 Å². The van der Waals surface area contributed by atoms with E-state index in [4.69, 9.17) is 0 Å². The van der Waals surface area contributed by atoms with Gasteiger partial charge in [-0.05, 0) is 37.6 Å². The van der Waals surface area contributed by atoms with E-state index in [0.29, 0.717) is 5.56 Å². The zero-order valence-electron chi connectivity index (χ0n) is 10.9. The topological polar surface area (TPSA) is 62.2 Å². The Hall–Kier alpha value is -2.36. The summed E-state index contributed by atoms with van der Waals surface area (Å²) in [6.07, 6.45) is 3.24. The molecule has 0 unspecified atom stereocenters. The van der Waals surface area contributed by atoms with Crippen LogP contribution in [0.2, 0.25) is 0 Å². The average Bonchev–Trinajstić information content (AvgIpc) is 2.39. The zero-order chi connectivity index (χ0) is 13.8. The minimum absolute atomic E-state index is 0. The largest absolute Gasteiger partial charge is 0.508 e. The molecule has 1 aromatic heterocycles. The van der Waals surface area contributed by atoms with E-state index in [9.17, 15) is 9.90 Å². The summed E-state index contributed by atoms with van der Waals surface area (Å²) < 4.78 is 0. The molecular formula is C16H20N2O2. The lowest BCUT2D eigenvalue weighted by Gasteiger charge is -2.09. The summed E-state index contributed by atoms with van der Waals surface area (Å²) in [5.74, 6) is 0.0774. The van der Waals surface area contributed by atoms with Crippen molar-refractivity contribution in [3.05, 3.63) is 48.3 Å². The van der Waals surface area contributed by atoms with Gasteiger partial charge < -0.3 is 10.4 Å². The van der Waals surface area contributed by atoms with Crippen molar-refractivity contribution in [2.24, 2.45) is 0 Å². The summed E-state index contributed by atoms with van der Waals surface area (Å²) in [4.78, 5) is 16.0. The van der Waals surface area contributed by atoms with Crippen molar-refractivity contribution in [3.8, 4) is 16.9 Å². The van der Waals surface area contributed by atoms with Crippen LogP contribution in [0.25, 0.3) is 11.1 Å². The summed E-state index contributed by atoms with van der Waals surface area (Å²) in [6.45, 7) is 3.82. The highest BCUT2D eigenvalue weighted by molar-refractivity contribution is 5.95. The fraction of sp³-hybridized carbons (Fsp3) is 0.250. The second-order valence-electron chi connectivity index (χ2n) is 4.64. The van der Waals surface area contributed by atoms with Crippen molar-refractivity contribution in [2.75, 3.05) is 0 Å². The molecule has 4 nitrogen and oxygen atoms in total. The van der Waals surface area contributed by atoms with E-state index in [1.54, 1.807) is 42.7 Å². The third-order valence-corrected chi connectivity index (χ3v) is 2.62. The molecule has 0 atom stereocenters. The van der Waals surface area contributed by atoms with Crippen LogP contribution in [0.5, 0.6) is 5.75 Å². The number of rotatable bonds is 3. The highest BCUT2D eigenvalue weighted by atomic mass is 16.3.